The Morgan fingerprint density at radius 2 is 1.94 bits per heavy atom. The van der Waals surface area contributed by atoms with Gasteiger partial charge in [-0.1, -0.05) is 0 Å². The van der Waals surface area contributed by atoms with Crippen LogP contribution in [0.1, 0.15) is 5.56 Å². The molecule has 98 valence electrons. The zero-order valence-electron chi connectivity index (χ0n) is 10.2. The third kappa shape index (κ3) is 3.92. The number of ether oxygens (including phenoxy) is 2. The first-order valence-electron chi connectivity index (χ1n) is 5.20. The fraction of sp³-hybridized carbons (Fsp3) is 0.333. The Bertz CT molecular complexity index is 448. The Kier molecular flexibility index (Phi) is 5.45. The van der Waals surface area contributed by atoms with Crippen LogP contribution in [-0.4, -0.2) is 31.9 Å². The predicted octanol–water partition coefficient (Wildman–Crippen LogP) is 1.13. The summed E-state index contributed by atoms with van der Waals surface area (Å²) in [4.78, 5) is 22.5. The van der Waals surface area contributed by atoms with Crippen LogP contribution in [-0.2, 0) is 16.0 Å². The van der Waals surface area contributed by atoms with Gasteiger partial charge in [-0.2, -0.15) is 0 Å². The van der Waals surface area contributed by atoms with Crippen molar-refractivity contribution in [1.82, 2.24) is 5.32 Å². The average molecular weight is 272 g/mol. The van der Waals surface area contributed by atoms with Crippen LogP contribution in [0.2, 0.25) is 0 Å². The molecule has 0 unspecified atom stereocenters. The van der Waals surface area contributed by atoms with Gasteiger partial charge in [-0.15, -0.1) is 11.6 Å². The summed E-state index contributed by atoms with van der Waals surface area (Å²) in [5.74, 6) is -0.0386. The summed E-state index contributed by atoms with van der Waals surface area (Å²) in [5, 5.41) is 2.16. The van der Waals surface area contributed by atoms with Gasteiger partial charge in [0.2, 0.25) is 11.8 Å². The monoisotopic (exact) mass is 271 g/mol. The largest absolute Gasteiger partial charge is 0.497 e. The minimum atomic E-state index is -0.525. The number of amides is 2. The summed E-state index contributed by atoms with van der Waals surface area (Å²) < 4.78 is 10.2. The van der Waals surface area contributed by atoms with Crippen molar-refractivity contribution in [1.29, 1.82) is 0 Å². The summed E-state index contributed by atoms with van der Waals surface area (Å²) in [6.07, 6.45) is 0.0169. The van der Waals surface area contributed by atoms with Gasteiger partial charge in [-0.3, -0.25) is 14.9 Å². The third-order valence-electron chi connectivity index (χ3n) is 2.24. The van der Waals surface area contributed by atoms with Crippen molar-refractivity contribution in [3.8, 4) is 11.5 Å². The molecule has 0 aliphatic carbocycles. The van der Waals surface area contributed by atoms with Gasteiger partial charge in [0.15, 0.2) is 0 Å². The van der Waals surface area contributed by atoms with Crippen molar-refractivity contribution in [3.05, 3.63) is 23.8 Å². The number of carbonyl (C=O) groups excluding carboxylic acids is 2. The zero-order chi connectivity index (χ0) is 13.5. The van der Waals surface area contributed by atoms with Crippen LogP contribution in [0, 0.1) is 0 Å². The van der Waals surface area contributed by atoms with Crippen LogP contribution in [0.5, 0.6) is 11.5 Å². The first-order chi connectivity index (χ1) is 8.60. The number of hydrogen-bond donors (Lipinski definition) is 1. The van der Waals surface area contributed by atoms with E-state index in [4.69, 9.17) is 21.1 Å². The number of halogens is 1. The second kappa shape index (κ2) is 6.86. The van der Waals surface area contributed by atoms with Crippen LogP contribution >= 0.6 is 11.6 Å². The van der Waals surface area contributed by atoms with Crippen LogP contribution in [0.25, 0.3) is 0 Å². The number of hydrogen-bond acceptors (Lipinski definition) is 4. The van der Waals surface area contributed by atoms with E-state index >= 15 is 0 Å². The van der Waals surface area contributed by atoms with Crippen LogP contribution in [0.3, 0.4) is 0 Å². The maximum absolute atomic E-state index is 11.6. The highest BCUT2D eigenvalue weighted by molar-refractivity contribution is 6.28. The van der Waals surface area contributed by atoms with E-state index in [-0.39, 0.29) is 12.3 Å². The van der Waals surface area contributed by atoms with E-state index in [0.717, 1.165) is 0 Å². The summed E-state index contributed by atoms with van der Waals surface area (Å²) in [6.45, 7) is 0. The first-order valence-corrected chi connectivity index (χ1v) is 5.73. The van der Waals surface area contributed by atoms with Crippen molar-refractivity contribution in [2.24, 2.45) is 0 Å². The van der Waals surface area contributed by atoms with E-state index < -0.39 is 11.8 Å². The van der Waals surface area contributed by atoms with Crippen molar-refractivity contribution >= 4 is 23.4 Å². The summed E-state index contributed by atoms with van der Waals surface area (Å²) >= 11 is 5.30. The summed E-state index contributed by atoms with van der Waals surface area (Å²) in [5.41, 5.74) is 0.636. The lowest BCUT2D eigenvalue weighted by atomic mass is 10.1. The quantitative estimate of drug-likeness (QED) is 0.816. The molecule has 0 aromatic heterocycles. The lowest BCUT2D eigenvalue weighted by Crippen LogP contribution is -2.32. The molecule has 1 aromatic rings. The van der Waals surface area contributed by atoms with E-state index in [2.05, 4.69) is 5.32 Å². The van der Waals surface area contributed by atoms with Crippen LogP contribution in [0.15, 0.2) is 18.2 Å². The van der Waals surface area contributed by atoms with Gasteiger partial charge in [0, 0.05) is 5.56 Å². The molecule has 0 aliphatic rings. The lowest BCUT2D eigenvalue weighted by Gasteiger charge is -2.10. The summed E-state index contributed by atoms with van der Waals surface area (Å²) in [6, 6.07) is 5.11. The van der Waals surface area contributed by atoms with E-state index in [1.54, 1.807) is 18.2 Å². The van der Waals surface area contributed by atoms with Crippen molar-refractivity contribution < 1.29 is 19.1 Å². The molecule has 2 amide bonds. The SMILES string of the molecule is COc1ccc(OC)c(CC(=O)NC(=O)CCl)c1. The minimum absolute atomic E-state index is 0.0169. The van der Waals surface area contributed by atoms with Gasteiger partial charge in [0.1, 0.15) is 17.4 Å². The number of nitrogens with one attached hydrogen (secondary N) is 1. The molecule has 0 fully saturated rings. The molecule has 1 aromatic carbocycles. The van der Waals surface area contributed by atoms with Gasteiger partial charge >= 0.3 is 0 Å². The number of benzene rings is 1. The molecule has 18 heavy (non-hydrogen) atoms. The number of methoxy groups -OCH3 is 2. The molecule has 0 bridgehead atoms. The Balaban J connectivity index is 2.81. The fourth-order valence-corrected chi connectivity index (χ4v) is 1.49. The van der Waals surface area contributed by atoms with Crippen molar-refractivity contribution in [3.63, 3.8) is 0 Å². The molecule has 0 atom stereocenters. The van der Waals surface area contributed by atoms with Crippen molar-refractivity contribution in [2.45, 2.75) is 6.42 Å². The molecule has 0 heterocycles. The standard InChI is InChI=1S/C12H14ClNO4/c1-17-9-3-4-10(18-2)8(5-9)6-11(15)14-12(16)7-13/h3-5H,6-7H2,1-2H3,(H,14,15,16). The highest BCUT2D eigenvalue weighted by Crippen LogP contribution is 2.24. The third-order valence-corrected chi connectivity index (χ3v) is 2.48. The molecule has 0 saturated heterocycles. The van der Waals surface area contributed by atoms with Gasteiger partial charge in [-0.05, 0) is 18.2 Å². The number of rotatable bonds is 5. The first kappa shape index (κ1) is 14.3. The second-order valence-electron chi connectivity index (χ2n) is 3.46. The molecular formula is C12H14ClNO4. The predicted molar refractivity (Wildman–Crippen MR) is 67.1 cm³/mol. The van der Waals surface area contributed by atoms with Crippen LogP contribution in [0.4, 0.5) is 0 Å². The average Bonchev–Trinajstić information content (AvgIpc) is 2.38. The number of alkyl halides is 1. The molecule has 6 heteroatoms. The molecule has 0 spiro atoms. The van der Waals surface area contributed by atoms with E-state index in [1.807, 2.05) is 0 Å². The fourth-order valence-electron chi connectivity index (χ4n) is 1.43. The van der Waals surface area contributed by atoms with Gasteiger partial charge in [0.25, 0.3) is 0 Å². The lowest BCUT2D eigenvalue weighted by molar-refractivity contribution is -0.128. The highest BCUT2D eigenvalue weighted by Gasteiger charge is 2.12. The molecular weight excluding hydrogens is 258 g/mol. The molecule has 0 radical (unpaired) electrons. The molecule has 1 rings (SSSR count). The van der Waals surface area contributed by atoms with Crippen molar-refractivity contribution in [2.75, 3.05) is 20.1 Å². The maximum Gasteiger partial charge on any atom is 0.241 e. The highest BCUT2D eigenvalue weighted by atomic mass is 35.5. The Morgan fingerprint density at radius 1 is 1.22 bits per heavy atom. The minimum Gasteiger partial charge on any atom is -0.497 e. The maximum atomic E-state index is 11.6. The number of imide groups is 1. The smallest absolute Gasteiger partial charge is 0.241 e. The molecule has 0 saturated carbocycles. The van der Waals surface area contributed by atoms with E-state index in [1.165, 1.54) is 14.2 Å². The van der Waals surface area contributed by atoms with E-state index in [9.17, 15) is 9.59 Å². The Labute approximate surface area is 110 Å². The zero-order valence-corrected chi connectivity index (χ0v) is 10.9. The summed E-state index contributed by atoms with van der Waals surface area (Å²) in [7, 11) is 3.04. The van der Waals surface area contributed by atoms with E-state index in [0.29, 0.717) is 17.1 Å². The Hall–Kier alpha value is -1.75. The Morgan fingerprint density at radius 3 is 2.50 bits per heavy atom. The van der Waals surface area contributed by atoms with Crippen LogP contribution < -0.4 is 14.8 Å². The van der Waals surface area contributed by atoms with Gasteiger partial charge in [-0.25, -0.2) is 0 Å². The van der Waals surface area contributed by atoms with Gasteiger partial charge < -0.3 is 9.47 Å². The topological polar surface area (TPSA) is 64.6 Å². The molecule has 5 nitrogen and oxygen atoms in total. The molecule has 1 N–H and O–H groups in total. The second-order valence-corrected chi connectivity index (χ2v) is 3.73. The molecule has 0 aliphatic heterocycles. The normalized spacial score (nSPS) is 9.72. The number of carbonyl (C=O) groups is 2. The van der Waals surface area contributed by atoms with Gasteiger partial charge in [0.05, 0.1) is 20.6 Å².